The second-order valence-electron chi connectivity index (χ2n) is 11.7. The van der Waals surface area contributed by atoms with Gasteiger partial charge < -0.3 is 21.1 Å². The van der Waals surface area contributed by atoms with Crippen LogP contribution in [0.25, 0.3) is 6.08 Å². The van der Waals surface area contributed by atoms with Crippen LogP contribution in [0.15, 0.2) is 84.9 Å². The molecule has 0 radical (unpaired) electrons. The molecule has 4 heteroatoms. The Morgan fingerprint density at radius 3 is 2.02 bits per heavy atom. The van der Waals surface area contributed by atoms with E-state index in [0.29, 0.717) is 0 Å². The van der Waals surface area contributed by atoms with Gasteiger partial charge >= 0.3 is 0 Å². The zero-order chi connectivity index (χ0) is 31.2. The van der Waals surface area contributed by atoms with Gasteiger partial charge in [0.05, 0.1) is 11.4 Å². The molecular weight excluding hydrogens is 514 g/mol. The summed E-state index contributed by atoms with van der Waals surface area (Å²) >= 11 is 0. The van der Waals surface area contributed by atoms with Crippen molar-refractivity contribution >= 4 is 6.08 Å². The van der Waals surface area contributed by atoms with Crippen LogP contribution in [0.4, 0.5) is 0 Å². The van der Waals surface area contributed by atoms with Gasteiger partial charge in [-0.05, 0) is 87.3 Å². The third-order valence-corrected chi connectivity index (χ3v) is 8.48. The molecule has 236 valence electrons. The molecule has 4 nitrogen and oxygen atoms in total. The first-order valence-corrected chi connectivity index (χ1v) is 16.5. The van der Waals surface area contributed by atoms with Crippen molar-refractivity contribution in [3.63, 3.8) is 0 Å². The molecule has 4 N–H and O–H groups in total. The fraction of sp³-hybridized carbons (Fsp3) is 0.579. The van der Waals surface area contributed by atoms with E-state index in [4.69, 9.17) is 5.73 Å². The number of hydrogen-bond donors (Lipinski definition) is 3. The summed E-state index contributed by atoms with van der Waals surface area (Å²) in [6, 6.07) is 11.8. The highest BCUT2D eigenvalue weighted by molar-refractivity contribution is 5.45. The molecule has 3 fully saturated rings. The van der Waals surface area contributed by atoms with Gasteiger partial charge in [-0.2, -0.15) is 0 Å². The van der Waals surface area contributed by atoms with Crippen molar-refractivity contribution in [3.8, 4) is 0 Å². The Balaban J connectivity index is 0.000000268. The van der Waals surface area contributed by atoms with Gasteiger partial charge in [-0.1, -0.05) is 114 Å². The quantitative estimate of drug-likeness (QED) is 0.312. The summed E-state index contributed by atoms with van der Waals surface area (Å²) in [6.07, 6.45) is 25.1. The predicted molar refractivity (Wildman–Crippen MR) is 186 cm³/mol. The van der Waals surface area contributed by atoms with Crippen molar-refractivity contribution in [3.05, 3.63) is 90.4 Å². The van der Waals surface area contributed by atoms with Gasteiger partial charge in [0.2, 0.25) is 0 Å². The smallest absolute Gasteiger partial charge is 0.0569 e. The molecule has 0 amide bonds. The molecule has 1 saturated carbocycles. The van der Waals surface area contributed by atoms with Crippen molar-refractivity contribution < 1.29 is 4.74 Å². The minimum Gasteiger partial charge on any atom is -0.397 e. The topological polar surface area (TPSA) is 59.3 Å². The summed E-state index contributed by atoms with van der Waals surface area (Å²) < 4.78 is 4.25. The number of piperidine rings is 2. The van der Waals surface area contributed by atoms with E-state index in [0.717, 1.165) is 54.1 Å². The Hall–Kier alpha value is -2.56. The second kappa shape index (κ2) is 23.0. The first-order chi connectivity index (χ1) is 20.4. The average Bonchev–Trinajstić information content (AvgIpc) is 3.64. The Morgan fingerprint density at radius 1 is 1.00 bits per heavy atom. The number of allylic oxidation sites excluding steroid dienone is 4. The molecule has 0 spiro atoms. The Kier molecular flexibility index (Phi) is 20.5. The van der Waals surface area contributed by atoms with Crippen LogP contribution in [0.3, 0.4) is 0 Å². The van der Waals surface area contributed by atoms with Gasteiger partial charge in [0, 0.05) is 26.3 Å². The summed E-state index contributed by atoms with van der Waals surface area (Å²) in [5.74, 6) is 3.00. The van der Waals surface area contributed by atoms with E-state index in [1.807, 2.05) is 56.3 Å². The van der Waals surface area contributed by atoms with Crippen molar-refractivity contribution in [1.82, 2.24) is 10.6 Å². The first kappa shape index (κ1) is 37.5. The third-order valence-electron chi connectivity index (χ3n) is 8.48. The Morgan fingerprint density at radius 2 is 1.62 bits per heavy atom. The SMILES string of the molecule is C=CNC1=CCCC=C1N.C=Cc1ccccc1.CC.CC1C=C2CCC1C2.CCC1CC2CCCC(C1)N2.COC. The molecule has 2 saturated heterocycles. The standard InChI is InChI=1S/C10H19N.C8H12N2.C8H12.C8H8.C2H6O.C2H6/c1-2-8-6-9-4-3-5-10(7-8)11-9;1-2-10-8-6-4-3-5-7(8)9;1-6-4-7-2-3-8(6)5-7;1-2-8-6-4-3-5-7-8;1-3-2;1-2/h8-11H,2-7H2,1H3;2,5-6,10H,1,3-4,9H2;4,6,8H,2-3,5H2,1H3;2-7H,1H2;1-2H3;1-2H3. The molecule has 4 bridgehead atoms. The van der Waals surface area contributed by atoms with E-state index in [1.54, 1.807) is 26.0 Å². The number of fused-ring (bicyclic) bond motifs is 4. The number of nitrogens with two attached hydrogens (primary N) is 1. The van der Waals surface area contributed by atoms with Crippen molar-refractivity contribution in [2.45, 2.75) is 110 Å². The number of nitrogens with one attached hydrogen (secondary N) is 2. The largest absolute Gasteiger partial charge is 0.397 e. The summed E-state index contributed by atoms with van der Waals surface area (Å²) in [5.41, 5.74) is 10.4. The van der Waals surface area contributed by atoms with E-state index >= 15 is 0 Å². The van der Waals surface area contributed by atoms with Crippen LogP contribution in [0.5, 0.6) is 0 Å². The monoisotopic (exact) mass is 577 g/mol. The van der Waals surface area contributed by atoms with Gasteiger partial charge in [-0.25, -0.2) is 0 Å². The summed E-state index contributed by atoms with van der Waals surface area (Å²) in [7, 11) is 3.25. The van der Waals surface area contributed by atoms with Crippen LogP contribution < -0.4 is 16.4 Å². The minimum atomic E-state index is 0.825. The summed E-state index contributed by atoms with van der Waals surface area (Å²) in [5, 5.41) is 6.68. The van der Waals surface area contributed by atoms with Crippen LogP contribution in [-0.4, -0.2) is 26.3 Å². The second-order valence-corrected chi connectivity index (χ2v) is 11.7. The maximum Gasteiger partial charge on any atom is 0.0569 e. The molecule has 4 unspecified atom stereocenters. The number of ether oxygens (including phenoxy) is 1. The van der Waals surface area contributed by atoms with Crippen molar-refractivity contribution in [2.24, 2.45) is 23.5 Å². The van der Waals surface area contributed by atoms with E-state index in [9.17, 15) is 0 Å². The van der Waals surface area contributed by atoms with Gasteiger partial charge in [-0.15, -0.1) is 0 Å². The molecule has 2 heterocycles. The van der Waals surface area contributed by atoms with E-state index in [1.165, 1.54) is 63.4 Å². The van der Waals surface area contributed by atoms with Gasteiger partial charge in [0.15, 0.2) is 0 Å². The van der Waals surface area contributed by atoms with Gasteiger partial charge in [0.25, 0.3) is 0 Å². The lowest BCUT2D eigenvalue weighted by Crippen LogP contribution is -2.48. The molecule has 6 rings (SSSR count). The highest BCUT2D eigenvalue weighted by Gasteiger charge is 2.30. The molecule has 1 aromatic carbocycles. The molecule has 2 aliphatic heterocycles. The average molecular weight is 578 g/mol. The van der Waals surface area contributed by atoms with E-state index in [-0.39, 0.29) is 0 Å². The highest BCUT2D eigenvalue weighted by atomic mass is 16.4. The molecule has 5 aliphatic rings. The van der Waals surface area contributed by atoms with Crippen LogP contribution in [0, 0.1) is 17.8 Å². The van der Waals surface area contributed by atoms with E-state index in [2.05, 4.69) is 54.5 Å². The molecule has 4 atom stereocenters. The maximum absolute atomic E-state index is 5.65. The predicted octanol–water partition coefficient (Wildman–Crippen LogP) is 9.54. The van der Waals surface area contributed by atoms with Crippen LogP contribution in [-0.2, 0) is 4.74 Å². The fourth-order valence-electron chi connectivity index (χ4n) is 6.27. The fourth-order valence-corrected chi connectivity index (χ4v) is 6.27. The molecule has 0 aromatic heterocycles. The lowest BCUT2D eigenvalue weighted by Gasteiger charge is -2.40. The number of methoxy groups -OCH3 is 1. The molecule has 42 heavy (non-hydrogen) atoms. The van der Waals surface area contributed by atoms with E-state index < -0.39 is 0 Å². The highest BCUT2D eigenvalue weighted by Crippen LogP contribution is 2.42. The molecule has 1 aromatic rings. The summed E-state index contributed by atoms with van der Waals surface area (Å²) in [4.78, 5) is 0. The van der Waals surface area contributed by atoms with Crippen molar-refractivity contribution in [2.75, 3.05) is 14.2 Å². The zero-order valence-electron chi connectivity index (χ0n) is 27.8. The summed E-state index contributed by atoms with van der Waals surface area (Å²) in [6.45, 7) is 15.9. The molecule has 3 aliphatic carbocycles. The number of rotatable bonds is 4. The first-order valence-electron chi connectivity index (χ1n) is 16.5. The number of hydrogen-bond acceptors (Lipinski definition) is 4. The lowest BCUT2D eigenvalue weighted by molar-refractivity contribution is 0.183. The maximum atomic E-state index is 5.65. The molecular formula is C38H63N3O. The van der Waals surface area contributed by atoms with Crippen LogP contribution >= 0.6 is 0 Å². The van der Waals surface area contributed by atoms with Gasteiger partial charge in [-0.3, -0.25) is 0 Å². The third kappa shape index (κ3) is 14.6. The minimum absolute atomic E-state index is 0.825. The van der Waals surface area contributed by atoms with Crippen molar-refractivity contribution in [1.29, 1.82) is 0 Å². The van der Waals surface area contributed by atoms with Crippen LogP contribution in [0.2, 0.25) is 0 Å². The Labute approximate surface area is 259 Å². The number of benzene rings is 1. The lowest BCUT2D eigenvalue weighted by atomic mass is 9.79. The Bertz CT molecular complexity index is 936. The normalized spacial score (nSPS) is 26.0. The van der Waals surface area contributed by atoms with Crippen LogP contribution in [0.1, 0.15) is 104 Å². The zero-order valence-corrected chi connectivity index (χ0v) is 27.8. The van der Waals surface area contributed by atoms with Gasteiger partial charge in [0.1, 0.15) is 0 Å².